The van der Waals surface area contributed by atoms with Crippen LogP contribution in [-0.4, -0.2) is 38.8 Å². The standard InChI is InChI=1S/C56H50B2N2O4/c1-6-7-8-9-14-35-29-48(51-53-52(63-27-28-64-53)49(58-51)30-36(33-59)54(61)62)57-50(35)34-19-21-37(22-20-34)60(38-23-25-42-40-15-10-12-17-44(40)55(2,3)46(42)31-38)39-24-26-43-41-16-11-13-18-45(41)56(4,5)47(43)32-39/h10-13,15-26,29-32H,6-9,14,27-28H2,1-5H3,(H,61,62)/b36-30-. The van der Waals surface area contributed by atoms with Crippen molar-refractivity contribution in [2.24, 2.45) is 0 Å². The Hall–Kier alpha value is -6.71. The Bertz CT molecular complexity index is 2870. The summed E-state index contributed by atoms with van der Waals surface area (Å²) in [7, 11) is 4.12. The van der Waals surface area contributed by atoms with E-state index in [0.717, 1.165) is 64.7 Å². The number of hydrogen-bond acceptors (Lipinski definition) is 5. The van der Waals surface area contributed by atoms with Gasteiger partial charge in [-0.2, -0.15) is 5.26 Å². The summed E-state index contributed by atoms with van der Waals surface area (Å²) in [6, 6.07) is 42.4. The van der Waals surface area contributed by atoms with Crippen LogP contribution in [0.25, 0.3) is 27.7 Å². The number of aliphatic carboxylic acids is 1. The first-order chi connectivity index (χ1) is 31.0. The zero-order valence-corrected chi connectivity index (χ0v) is 37.2. The van der Waals surface area contributed by atoms with Crippen molar-refractivity contribution in [3.8, 4) is 28.3 Å². The lowest BCUT2D eigenvalue weighted by Crippen LogP contribution is -2.18. The fourth-order valence-corrected chi connectivity index (χ4v) is 10.6. The van der Waals surface area contributed by atoms with Gasteiger partial charge in [-0.05, 0) is 116 Å². The third-order valence-corrected chi connectivity index (χ3v) is 13.9. The second-order valence-corrected chi connectivity index (χ2v) is 18.5. The fourth-order valence-electron chi connectivity index (χ4n) is 10.6. The molecule has 5 aromatic carbocycles. The second kappa shape index (κ2) is 16.1. The summed E-state index contributed by atoms with van der Waals surface area (Å²) < 4.78 is 12.2. The number of allylic oxidation sites excluding steroid dienone is 6. The van der Waals surface area contributed by atoms with Crippen molar-refractivity contribution in [2.75, 3.05) is 18.1 Å². The normalized spacial score (nSPS) is 17.2. The summed E-state index contributed by atoms with van der Waals surface area (Å²) in [4.78, 5) is 14.2. The molecule has 64 heavy (non-hydrogen) atoms. The molecule has 1 saturated heterocycles. The quantitative estimate of drug-likeness (QED) is 0.0583. The van der Waals surface area contributed by atoms with E-state index in [-0.39, 0.29) is 16.4 Å². The number of nitrogens with zero attached hydrogens (tertiary/aromatic N) is 2. The van der Waals surface area contributed by atoms with Crippen molar-refractivity contribution in [2.45, 2.75) is 77.6 Å². The van der Waals surface area contributed by atoms with E-state index in [0.29, 0.717) is 30.2 Å². The SMILES string of the molecule is CCCCCCC1=C(c2ccc(N(c3ccc4c(c3)C(C)(C)c3ccccc3-4)c3ccc4c(c3)C(C)(C)c3ccccc3-4)cc2)[B]C(C2=C3OCCOC3=C(/C=C(/C#N)C(=O)O)[B]2)=C1. The highest BCUT2D eigenvalue weighted by Crippen LogP contribution is 2.53. The molecule has 5 aliphatic rings. The zero-order valence-electron chi connectivity index (χ0n) is 37.2. The number of carboxylic acids is 1. The lowest BCUT2D eigenvalue weighted by Gasteiger charge is -2.30. The van der Waals surface area contributed by atoms with Gasteiger partial charge in [0.2, 0.25) is 7.28 Å². The Morgan fingerprint density at radius 2 is 1.27 bits per heavy atom. The van der Waals surface area contributed by atoms with Crippen molar-refractivity contribution in [3.63, 3.8) is 0 Å². The van der Waals surface area contributed by atoms with Crippen LogP contribution < -0.4 is 4.90 Å². The van der Waals surface area contributed by atoms with Crippen LogP contribution in [0.2, 0.25) is 0 Å². The highest BCUT2D eigenvalue weighted by atomic mass is 16.6. The van der Waals surface area contributed by atoms with E-state index < -0.39 is 5.97 Å². The molecule has 0 bridgehead atoms. The van der Waals surface area contributed by atoms with E-state index in [2.05, 4.69) is 162 Å². The van der Waals surface area contributed by atoms with Crippen LogP contribution in [0.5, 0.6) is 0 Å². The number of ether oxygens (including phenoxy) is 2. The monoisotopic (exact) mass is 836 g/mol. The van der Waals surface area contributed by atoms with Gasteiger partial charge in [0, 0.05) is 27.9 Å². The first kappa shape index (κ1) is 41.3. The average molecular weight is 837 g/mol. The molecule has 6 nitrogen and oxygen atoms in total. The maximum atomic E-state index is 11.8. The summed E-state index contributed by atoms with van der Waals surface area (Å²) in [5.41, 5.74) is 19.1. The molecule has 5 aromatic rings. The van der Waals surface area contributed by atoms with Crippen molar-refractivity contribution < 1.29 is 19.4 Å². The Kier molecular flexibility index (Phi) is 10.4. The molecule has 0 unspecified atom stereocenters. The van der Waals surface area contributed by atoms with Gasteiger partial charge in [-0.15, -0.1) is 0 Å². The van der Waals surface area contributed by atoms with Crippen molar-refractivity contribution in [1.82, 2.24) is 0 Å². The van der Waals surface area contributed by atoms with Gasteiger partial charge in [-0.3, -0.25) is 0 Å². The van der Waals surface area contributed by atoms with Gasteiger partial charge in [0.15, 0.2) is 18.8 Å². The average Bonchev–Trinajstić information content (AvgIpc) is 4.02. The smallest absolute Gasteiger partial charge is 0.346 e. The predicted octanol–water partition coefficient (Wildman–Crippen LogP) is 12.8. The van der Waals surface area contributed by atoms with Crippen molar-refractivity contribution in [3.05, 3.63) is 188 Å². The number of unbranched alkanes of at least 4 members (excludes halogenated alkanes) is 3. The zero-order chi connectivity index (χ0) is 44.3. The Balaban J connectivity index is 1.03. The number of fused-ring (bicyclic) bond motifs is 7. The first-order valence-electron chi connectivity index (χ1n) is 22.6. The van der Waals surface area contributed by atoms with Crippen LogP contribution in [0.4, 0.5) is 17.1 Å². The Morgan fingerprint density at radius 1 is 0.703 bits per heavy atom. The molecule has 2 radical (unpaired) electrons. The molecule has 2 aliphatic carbocycles. The minimum Gasteiger partial charge on any atom is -0.487 e. The van der Waals surface area contributed by atoms with E-state index in [9.17, 15) is 15.2 Å². The third kappa shape index (κ3) is 6.85. The Morgan fingerprint density at radius 3 is 1.84 bits per heavy atom. The third-order valence-electron chi connectivity index (χ3n) is 13.9. The summed E-state index contributed by atoms with van der Waals surface area (Å²) in [6.45, 7) is 12.3. The Labute approximate surface area is 378 Å². The van der Waals surface area contributed by atoms with Crippen LogP contribution in [0.15, 0.2) is 160 Å². The second-order valence-electron chi connectivity index (χ2n) is 18.5. The van der Waals surface area contributed by atoms with E-state index in [4.69, 9.17) is 9.47 Å². The molecule has 3 aliphatic heterocycles. The van der Waals surface area contributed by atoms with Gasteiger partial charge < -0.3 is 19.5 Å². The van der Waals surface area contributed by atoms with Gasteiger partial charge >= 0.3 is 5.97 Å². The predicted molar refractivity (Wildman–Crippen MR) is 259 cm³/mol. The minimum absolute atomic E-state index is 0.147. The molecule has 1 fully saturated rings. The molecule has 8 heteroatoms. The molecular formula is C56H50B2N2O4. The number of carbonyl (C=O) groups is 1. The van der Waals surface area contributed by atoms with Crippen molar-refractivity contribution >= 4 is 43.1 Å². The highest BCUT2D eigenvalue weighted by molar-refractivity contribution is 6.75. The van der Waals surface area contributed by atoms with Crippen molar-refractivity contribution in [1.29, 1.82) is 5.26 Å². The largest absolute Gasteiger partial charge is 0.487 e. The fraction of sp³-hybridized carbons (Fsp3) is 0.250. The molecular weight excluding hydrogens is 786 g/mol. The number of anilines is 3. The molecule has 314 valence electrons. The van der Waals surface area contributed by atoms with Crippen LogP contribution in [0.3, 0.4) is 0 Å². The topological polar surface area (TPSA) is 82.8 Å². The summed E-state index contributed by atoms with van der Waals surface area (Å²) >= 11 is 0. The van der Waals surface area contributed by atoms with Gasteiger partial charge in [0.25, 0.3) is 0 Å². The van der Waals surface area contributed by atoms with Gasteiger partial charge in [0.05, 0.1) is 0 Å². The highest BCUT2D eigenvalue weighted by Gasteiger charge is 2.38. The molecule has 0 aromatic heterocycles. The lowest BCUT2D eigenvalue weighted by atomic mass is 9.52. The van der Waals surface area contributed by atoms with Crippen LogP contribution >= 0.6 is 0 Å². The number of nitriles is 1. The number of benzene rings is 5. The van der Waals surface area contributed by atoms with E-state index in [1.807, 2.05) is 7.28 Å². The van der Waals surface area contributed by atoms with E-state index in [1.54, 1.807) is 6.07 Å². The number of hydrogen-bond donors (Lipinski definition) is 1. The maximum Gasteiger partial charge on any atom is 0.346 e. The van der Waals surface area contributed by atoms with Gasteiger partial charge in [0.1, 0.15) is 24.9 Å². The summed E-state index contributed by atoms with van der Waals surface area (Å²) in [5.74, 6) is -0.218. The van der Waals surface area contributed by atoms with Crippen LogP contribution in [0.1, 0.15) is 94.5 Å². The molecule has 1 N–H and O–H groups in total. The minimum atomic E-state index is -1.28. The number of carboxylic acid groups (broad SMARTS) is 1. The van der Waals surface area contributed by atoms with Gasteiger partial charge in [-0.1, -0.05) is 149 Å². The number of rotatable bonds is 12. The molecule has 0 spiro atoms. The summed E-state index contributed by atoms with van der Waals surface area (Å²) in [6.07, 6.45) is 9.13. The lowest BCUT2D eigenvalue weighted by molar-refractivity contribution is -0.132. The molecule has 0 atom stereocenters. The maximum absolute atomic E-state index is 11.8. The van der Waals surface area contributed by atoms with Crippen LogP contribution in [-0.2, 0) is 25.1 Å². The van der Waals surface area contributed by atoms with Crippen LogP contribution in [0, 0.1) is 11.3 Å². The van der Waals surface area contributed by atoms with Gasteiger partial charge in [-0.25, -0.2) is 4.79 Å². The van der Waals surface area contributed by atoms with E-state index in [1.165, 1.54) is 62.6 Å². The summed E-state index contributed by atoms with van der Waals surface area (Å²) in [5, 5.41) is 19.2. The molecule has 3 heterocycles. The first-order valence-corrected chi connectivity index (χ1v) is 22.6. The molecule has 0 saturated carbocycles. The molecule has 10 rings (SSSR count). The molecule has 0 amide bonds. The van der Waals surface area contributed by atoms with E-state index >= 15 is 0 Å².